The molecule has 2 heterocycles. The van der Waals surface area contributed by atoms with E-state index in [1.54, 1.807) is 28.8 Å². The molecule has 0 spiro atoms. The van der Waals surface area contributed by atoms with E-state index >= 15 is 0 Å². The quantitative estimate of drug-likeness (QED) is 0.619. The molecule has 0 radical (unpaired) electrons. The Morgan fingerprint density at radius 1 is 1.52 bits per heavy atom. The molecule has 2 atom stereocenters. The predicted molar refractivity (Wildman–Crippen MR) is 82.6 cm³/mol. The van der Waals surface area contributed by atoms with Crippen LogP contribution in [0.3, 0.4) is 0 Å². The number of thioether (sulfide) groups is 1. The third-order valence-corrected chi connectivity index (χ3v) is 5.83. The molecule has 1 amide bonds. The standard InChI is InChI=1S/C15H16ClNO3S/c1-9-3-4-10(16)12(7-9)20-14(19)11-8-21-15(2)6-5-13(18)17(11)15/h3-4,7,11H,5-6,8H2,1-2H3/t11-,15-/m1/s1. The van der Waals surface area contributed by atoms with E-state index in [1.165, 1.54) is 0 Å². The lowest BCUT2D eigenvalue weighted by Gasteiger charge is -2.29. The molecule has 0 unspecified atom stereocenters. The van der Waals surface area contributed by atoms with Crippen LogP contribution in [0.15, 0.2) is 18.2 Å². The molecule has 4 nitrogen and oxygen atoms in total. The van der Waals surface area contributed by atoms with E-state index in [1.807, 2.05) is 19.9 Å². The summed E-state index contributed by atoms with van der Waals surface area (Å²) in [6, 6.07) is 4.76. The van der Waals surface area contributed by atoms with Crippen molar-refractivity contribution in [3.63, 3.8) is 0 Å². The van der Waals surface area contributed by atoms with E-state index in [4.69, 9.17) is 16.3 Å². The molecule has 3 rings (SSSR count). The molecule has 1 aromatic carbocycles. The number of aryl methyl sites for hydroxylation is 1. The summed E-state index contributed by atoms with van der Waals surface area (Å²) in [6.45, 7) is 3.91. The van der Waals surface area contributed by atoms with Crippen molar-refractivity contribution in [2.45, 2.75) is 37.6 Å². The zero-order chi connectivity index (χ0) is 15.2. The number of fused-ring (bicyclic) bond motifs is 1. The fourth-order valence-electron chi connectivity index (χ4n) is 2.86. The molecule has 0 bridgehead atoms. The van der Waals surface area contributed by atoms with Crippen LogP contribution in [0.25, 0.3) is 0 Å². The second-order valence-corrected chi connectivity index (χ2v) is 7.53. The number of carbonyl (C=O) groups excluding carboxylic acids is 2. The van der Waals surface area contributed by atoms with Gasteiger partial charge >= 0.3 is 5.97 Å². The van der Waals surface area contributed by atoms with Gasteiger partial charge in [0.25, 0.3) is 0 Å². The van der Waals surface area contributed by atoms with Crippen molar-refractivity contribution in [3.8, 4) is 5.75 Å². The smallest absolute Gasteiger partial charge is 0.335 e. The van der Waals surface area contributed by atoms with Crippen LogP contribution in [0.4, 0.5) is 0 Å². The minimum absolute atomic E-state index is 0.0276. The van der Waals surface area contributed by atoms with E-state index in [0.29, 0.717) is 22.9 Å². The van der Waals surface area contributed by atoms with E-state index in [-0.39, 0.29) is 10.8 Å². The highest BCUT2D eigenvalue weighted by molar-refractivity contribution is 8.01. The van der Waals surface area contributed by atoms with E-state index in [2.05, 4.69) is 0 Å². The Morgan fingerprint density at radius 3 is 3.05 bits per heavy atom. The van der Waals surface area contributed by atoms with E-state index in [9.17, 15) is 9.59 Å². The zero-order valence-corrected chi connectivity index (χ0v) is 13.5. The normalized spacial score (nSPS) is 27.9. The zero-order valence-electron chi connectivity index (χ0n) is 11.9. The fourth-order valence-corrected chi connectivity index (χ4v) is 4.43. The van der Waals surface area contributed by atoms with Crippen molar-refractivity contribution in [2.24, 2.45) is 0 Å². The molecule has 0 aromatic heterocycles. The van der Waals surface area contributed by atoms with Gasteiger partial charge in [0.1, 0.15) is 11.8 Å². The molecule has 2 aliphatic rings. The van der Waals surface area contributed by atoms with Crippen molar-refractivity contribution in [1.82, 2.24) is 4.90 Å². The van der Waals surface area contributed by atoms with Crippen LogP contribution in [0, 0.1) is 6.92 Å². The molecule has 2 saturated heterocycles. The lowest BCUT2D eigenvalue weighted by molar-refractivity contribution is -0.146. The molecular weight excluding hydrogens is 310 g/mol. The largest absolute Gasteiger partial charge is 0.423 e. The van der Waals surface area contributed by atoms with Crippen LogP contribution in [-0.2, 0) is 9.59 Å². The number of hydrogen-bond acceptors (Lipinski definition) is 4. The molecule has 0 saturated carbocycles. The maximum atomic E-state index is 12.4. The number of benzene rings is 1. The van der Waals surface area contributed by atoms with Gasteiger partial charge in [0.2, 0.25) is 5.91 Å². The van der Waals surface area contributed by atoms with Crippen LogP contribution < -0.4 is 4.74 Å². The van der Waals surface area contributed by atoms with Crippen LogP contribution in [0.2, 0.25) is 5.02 Å². The fraction of sp³-hybridized carbons (Fsp3) is 0.467. The first-order valence-corrected chi connectivity index (χ1v) is 8.21. The SMILES string of the molecule is Cc1ccc(Cl)c(OC(=O)[C@H]2CS[C@]3(C)CCC(=O)N23)c1. The maximum absolute atomic E-state index is 12.4. The number of rotatable bonds is 2. The number of halogens is 1. The summed E-state index contributed by atoms with van der Waals surface area (Å²) in [6.07, 6.45) is 1.28. The van der Waals surface area contributed by atoms with Gasteiger partial charge in [-0.05, 0) is 38.0 Å². The molecule has 21 heavy (non-hydrogen) atoms. The first-order chi connectivity index (χ1) is 9.90. The van der Waals surface area contributed by atoms with Gasteiger partial charge in [-0.15, -0.1) is 11.8 Å². The van der Waals surface area contributed by atoms with Gasteiger partial charge in [0.15, 0.2) is 0 Å². The average molecular weight is 326 g/mol. The summed E-state index contributed by atoms with van der Waals surface area (Å²) in [5, 5.41) is 0.398. The molecule has 2 fully saturated rings. The van der Waals surface area contributed by atoms with E-state index in [0.717, 1.165) is 12.0 Å². The first-order valence-electron chi connectivity index (χ1n) is 6.85. The van der Waals surface area contributed by atoms with Crippen LogP contribution in [0.5, 0.6) is 5.75 Å². The van der Waals surface area contributed by atoms with Gasteiger partial charge in [0.05, 0.1) is 9.89 Å². The summed E-state index contributed by atoms with van der Waals surface area (Å²) in [4.78, 5) is 25.9. The lowest BCUT2D eigenvalue weighted by Crippen LogP contribution is -2.47. The Balaban J connectivity index is 1.80. The van der Waals surface area contributed by atoms with Crippen molar-refractivity contribution in [3.05, 3.63) is 28.8 Å². The maximum Gasteiger partial charge on any atom is 0.335 e. The predicted octanol–water partition coefficient (Wildman–Crippen LogP) is 3.01. The number of carbonyl (C=O) groups is 2. The molecule has 0 aliphatic carbocycles. The minimum atomic E-state index is -0.522. The number of nitrogens with zero attached hydrogens (tertiary/aromatic N) is 1. The average Bonchev–Trinajstić information content (AvgIpc) is 2.91. The third kappa shape index (κ3) is 2.53. The van der Waals surface area contributed by atoms with Crippen molar-refractivity contribution >= 4 is 35.2 Å². The Kier molecular flexibility index (Phi) is 3.66. The van der Waals surface area contributed by atoms with Gasteiger partial charge in [0, 0.05) is 12.2 Å². The summed E-state index contributed by atoms with van der Waals surface area (Å²) < 4.78 is 5.43. The summed E-state index contributed by atoms with van der Waals surface area (Å²) >= 11 is 7.70. The van der Waals surface area contributed by atoms with E-state index < -0.39 is 12.0 Å². The summed E-state index contributed by atoms with van der Waals surface area (Å²) in [7, 11) is 0. The number of amides is 1. The van der Waals surface area contributed by atoms with Gasteiger partial charge in [-0.3, -0.25) is 4.79 Å². The molecule has 112 valence electrons. The van der Waals surface area contributed by atoms with Gasteiger partial charge < -0.3 is 9.64 Å². The molecule has 0 N–H and O–H groups in total. The highest BCUT2D eigenvalue weighted by atomic mass is 35.5. The second kappa shape index (κ2) is 5.21. The lowest BCUT2D eigenvalue weighted by atomic mass is 10.2. The molecule has 1 aromatic rings. The number of hydrogen-bond donors (Lipinski definition) is 0. The minimum Gasteiger partial charge on any atom is -0.423 e. The Labute approximate surface area is 132 Å². The Morgan fingerprint density at radius 2 is 2.29 bits per heavy atom. The molecule has 2 aliphatic heterocycles. The van der Waals surface area contributed by atoms with Gasteiger partial charge in [-0.1, -0.05) is 17.7 Å². The third-order valence-electron chi connectivity index (χ3n) is 4.01. The van der Waals surface area contributed by atoms with Gasteiger partial charge in [-0.2, -0.15) is 0 Å². The summed E-state index contributed by atoms with van der Waals surface area (Å²) in [5.74, 6) is 0.547. The number of esters is 1. The van der Waals surface area contributed by atoms with Crippen molar-refractivity contribution in [2.75, 3.05) is 5.75 Å². The van der Waals surface area contributed by atoms with Crippen LogP contribution >= 0.6 is 23.4 Å². The second-order valence-electron chi connectivity index (χ2n) is 5.62. The monoisotopic (exact) mass is 325 g/mol. The highest BCUT2D eigenvalue weighted by Crippen LogP contribution is 2.47. The summed E-state index contributed by atoms with van der Waals surface area (Å²) in [5.41, 5.74) is 0.963. The van der Waals surface area contributed by atoms with Crippen LogP contribution in [-0.4, -0.2) is 33.4 Å². The molecule has 6 heteroatoms. The first kappa shape index (κ1) is 14.7. The van der Waals surface area contributed by atoms with Crippen LogP contribution in [0.1, 0.15) is 25.3 Å². The van der Waals surface area contributed by atoms with Crippen molar-refractivity contribution < 1.29 is 14.3 Å². The Hall–Kier alpha value is -1.20. The Bertz CT molecular complexity index is 621. The van der Waals surface area contributed by atoms with Crippen molar-refractivity contribution in [1.29, 1.82) is 0 Å². The topological polar surface area (TPSA) is 46.6 Å². The van der Waals surface area contributed by atoms with Gasteiger partial charge in [-0.25, -0.2) is 4.79 Å². The molecular formula is C15H16ClNO3S. The highest BCUT2D eigenvalue weighted by Gasteiger charge is 2.53. The number of ether oxygens (including phenoxy) is 1.